The molecule has 2 unspecified atom stereocenters. The van der Waals surface area contributed by atoms with Crippen LogP contribution in [0, 0.1) is 17.3 Å². The molecule has 0 aromatic rings. The van der Waals surface area contributed by atoms with E-state index in [1.807, 2.05) is 0 Å². The van der Waals surface area contributed by atoms with Crippen molar-refractivity contribution in [1.29, 1.82) is 0 Å². The van der Waals surface area contributed by atoms with E-state index >= 15 is 0 Å². The molecule has 0 saturated carbocycles. The van der Waals surface area contributed by atoms with Gasteiger partial charge in [-0.2, -0.15) is 0 Å². The van der Waals surface area contributed by atoms with E-state index < -0.39 is 0 Å². The first kappa shape index (κ1) is 14.0. The molecule has 0 N–H and O–H groups in total. The van der Waals surface area contributed by atoms with Crippen LogP contribution in [0.3, 0.4) is 0 Å². The minimum atomic E-state index is 0.596. The molecule has 0 heteroatoms. The Morgan fingerprint density at radius 1 is 1.00 bits per heavy atom. The van der Waals surface area contributed by atoms with E-state index in [1.165, 1.54) is 32.1 Å². The summed E-state index contributed by atoms with van der Waals surface area (Å²) in [5, 5.41) is 0. The van der Waals surface area contributed by atoms with Crippen molar-refractivity contribution in [2.24, 2.45) is 17.3 Å². The zero-order valence-corrected chi connectivity index (χ0v) is 11.2. The predicted molar refractivity (Wildman–Crippen MR) is 66.5 cm³/mol. The second-order valence-corrected chi connectivity index (χ2v) is 5.88. The number of hydrogen-bond acceptors (Lipinski definition) is 0. The van der Waals surface area contributed by atoms with Crippen LogP contribution in [0.1, 0.15) is 73.6 Å². The third-order valence-electron chi connectivity index (χ3n) is 3.29. The van der Waals surface area contributed by atoms with Crippen molar-refractivity contribution in [2.45, 2.75) is 73.6 Å². The predicted octanol–water partition coefficient (Wildman–Crippen LogP) is 5.28. The van der Waals surface area contributed by atoms with Gasteiger partial charge in [-0.15, -0.1) is 0 Å². The summed E-state index contributed by atoms with van der Waals surface area (Å²) in [7, 11) is 0. The third-order valence-corrected chi connectivity index (χ3v) is 3.29. The van der Waals surface area contributed by atoms with E-state index in [2.05, 4.69) is 41.5 Å². The standard InChI is InChI=1S/C14H30/c1-7-9-14(6,10-12(3)4)11-13(5)8-2/h12-13H,7-11H2,1-6H3. The van der Waals surface area contributed by atoms with Gasteiger partial charge in [0.15, 0.2) is 0 Å². The molecule has 0 nitrogen and oxygen atoms in total. The maximum Gasteiger partial charge on any atom is -0.0321 e. The van der Waals surface area contributed by atoms with Gasteiger partial charge < -0.3 is 0 Å². The SMILES string of the molecule is CCCC(C)(CC(C)C)CC(C)CC. The highest BCUT2D eigenvalue weighted by molar-refractivity contribution is 4.77. The van der Waals surface area contributed by atoms with Gasteiger partial charge in [-0.3, -0.25) is 0 Å². The molecule has 86 valence electrons. The molecule has 0 rings (SSSR count). The van der Waals surface area contributed by atoms with Gasteiger partial charge in [0.25, 0.3) is 0 Å². The third kappa shape index (κ3) is 5.67. The number of hydrogen-bond donors (Lipinski definition) is 0. The number of rotatable bonds is 7. The van der Waals surface area contributed by atoms with Crippen LogP contribution in [0.5, 0.6) is 0 Å². The van der Waals surface area contributed by atoms with Crippen LogP contribution in [0.2, 0.25) is 0 Å². The highest BCUT2D eigenvalue weighted by atomic mass is 14.3. The van der Waals surface area contributed by atoms with E-state index in [0.717, 1.165) is 11.8 Å². The Morgan fingerprint density at radius 3 is 1.93 bits per heavy atom. The van der Waals surface area contributed by atoms with Crippen molar-refractivity contribution in [2.75, 3.05) is 0 Å². The minimum Gasteiger partial charge on any atom is -0.0654 e. The summed E-state index contributed by atoms with van der Waals surface area (Å²) in [4.78, 5) is 0. The van der Waals surface area contributed by atoms with Crippen molar-refractivity contribution < 1.29 is 0 Å². The Hall–Kier alpha value is 0. The zero-order valence-electron chi connectivity index (χ0n) is 11.2. The summed E-state index contributed by atoms with van der Waals surface area (Å²) in [6, 6.07) is 0. The fraction of sp³-hybridized carbons (Fsp3) is 1.00. The molecule has 14 heavy (non-hydrogen) atoms. The van der Waals surface area contributed by atoms with Gasteiger partial charge in [0, 0.05) is 0 Å². The van der Waals surface area contributed by atoms with Crippen molar-refractivity contribution in [3.05, 3.63) is 0 Å². The lowest BCUT2D eigenvalue weighted by Crippen LogP contribution is -2.21. The first-order valence-corrected chi connectivity index (χ1v) is 6.43. The lowest BCUT2D eigenvalue weighted by atomic mass is 9.72. The van der Waals surface area contributed by atoms with Gasteiger partial charge in [-0.05, 0) is 36.5 Å². The van der Waals surface area contributed by atoms with E-state index in [9.17, 15) is 0 Å². The molecule has 0 radical (unpaired) electrons. The second kappa shape index (κ2) is 6.48. The molecule has 0 spiro atoms. The molecule has 0 heterocycles. The zero-order chi connectivity index (χ0) is 11.2. The van der Waals surface area contributed by atoms with E-state index in [-0.39, 0.29) is 0 Å². The Morgan fingerprint density at radius 2 is 1.57 bits per heavy atom. The Labute approximate surface area is 91.5 Å². The summed E-state index contributed by atoms with van der Waals surface area (Å²) < 4.78 is 0. The molecule has 2 atom stereocenters. The van der Waals surface area contributed by atoms with Crippen molar-refractivity contribution >= 4 is 0 Å². The summed E-state index contributed by atoms with van der Waals surface area (Å²) in [5.74, 6) is 1.74. The maximum atomic E-state index is 2.49. The quantitative estimate of drug-likeness (QED) is 0.522. The Kier molecular flexibility index (Phi) is 6.48. The molecule has 0 fully saturated rings. The van der Waals surface area contributed by atoms with Crippen LogP contribution >= 0.6 is 0 Å². The molecule has 0 aliphatic rings. The normalized spacial score (nSPS) is 18.2. The van der Waals surface area contributed by atoms with Crippen LogP contribution in [0.4, 0.5) is 0 Å². The van der Waals surface area contributed by atoms with Crippen LogP contribution in [0.25, 0.3) is 0 Å². The van der Waals surface area contributed by atoms with Crippen LogP contribution < -0.4 is 0 Å². The fourth-order valence-corrected chi connectivity index (χ4v) is 2.86. The summed E-state index contributed by atoms with van der Waals surface area (Å²) in [6.45, 7) is 14.2. The Balaban J connectivity index is 4.22. The maximum absolute atomic E-state index is 2.49. The smallest absolute Gasteiger partial charge is 0.0321 e. The molecular formula is C14H30. The van der Waals surface area contributed by atoms with Crippen LogP contribution in [-0.4, -0.2) is 0 Å². The molecule has 0 bridgehead atoms. The van der Waals surface area contributed by atoms with Gasteiger partial charge in [-0.25, -0.2) is 0 Å². The van der Waals surface area contributed by atoms with Gasteiger partial charge in [-0.1, -0.05) is 54.4 Å². The second-order valence-electron chi connectivity index (χ2n) is 5.88. The van der Waals surface area contributed by atoms with Gasteiger partial charge in [0.05, 0.1) is 0 Å². The lowest BCUT2D eigenvalue weighted by Gasteiger charge is -2.33. The van der Waals surface area contributed by atoms with Crippen LogP contribution in [-0.2, 0) is 0 Å². The van der Waals surface area contributed by atoms with Gasteiger partial charge in [0.1, 0.15) is 0 Å². The largest absolute Gasteiger partial charge is 0.0654 e. The van der Waals surface area contributed by atoms with Gasteiger partial charge >= 0.3 is 0 Å². The molecular weight excluding hydrogens is 168 g/mol. The summed E-state index contributed by atoms with van der Waals surface area (Å²) in [5.41, 5.74) is 0.596. The van der Waals surface area contributed by atoms with Crippen LogP contribution in [0.15, 0.2) is 0 Å². The topological polar surface area (TPSA) is 0 Å². The summed E-state index contributed by atoms with van der Waals surface area (Å²) in [6.07, 6.45) is 6.87. The van der Waals surface area contributed by atoms with Gasteiger partial charge in [0.2, 0.25) is 0 Å². The first-order valence-electron chi connectivity index (χ1n) is 6.43. The lowest BCUT2D eigenvalue weighted by molar-refractivity contribution is 0.181. The molecule has 0 aliphatic carbocycles. The highest BCUT2D eigenvalue weighted by Crippen LogP contribution is 2.38. The molecule has 0 amide bonds. The van der Waals surface area contributed by atoms with E-state index in [0.29, 0.717) is 5.41 Å². The monoisotopic (exact) mass is 198 g/mol. The summed E-state index contributed by atoms with van der Waals surface area (Å²) >= 11 is 0. The average molecular weight is 198 g/mol. The molecule has 0 aliphatic heterocycles. The molecule has 0 aromatic carbocycles. The molecule has 0 saturated heterocycles. The minimum absolute atomic E-state index is 0.596. The van der Waals surface area contributed by atoms with E-state index in [4.69, 9.17) is 0 Å². The fourth-order valence-electron chi connectivity index (χ4n) is 2.86. The molecule has 0 aromatic heterocycles. The Bertz CT molecular complexity index is 137. The van der Waals surface area contributed by atoms with Crippen molar-refractivity contribution in [3.63, 3.8) is 0 Å². The first-order chi connectivity index (χ1) is 6.43. The van der Waals surface area contributed by atoms with E-state index in [1.54, 1.807) is 0 Å². The van der Waals surface area contributed by atoms with Crippen molar-refractivity contribution in [1.82, 2.24) is 0 Å². The van der Waals surface area contributed by atoms with Crippen molar-refractivity contribution in [3.8, 4) is 0 Å². The highest BCUT2D eigenvalue weighted by Gasteiger charge is 2.25. The average Bonchev–Trinajstić information content (AvgIpc) is 2.02.